The lowest BCUT2D eigenvalue weighted by molar-refractivity contribution is -0.129. The van der Waals surface area contributed by atoms with Crippen LogP contribution in [0.5, 0.6) is 5.75 Å². The number of nitrogen functional groups attached to an aromatic ring is 1. The van der Waals surface area contributed by atoms with Crippen molar-refractivity contribution < 1.29 is 19.1 Å². The molecule has 0 aromatic heterocycles. The second kappa shape index (κ2) is 5.81. The van der Waals surface area contributed by atoms with Gasteiger partial charge < -0.3 is 20.5 Å². The summed E-state index contributed by atoms with van der Waals surface area (Å²) >= 11 is 0. The summed E-state index contributed by atoms with van der Waals surface area (Å²) in [6, 6.07) is 4.83. The van der Waals surface area contributed by atoms with Crippen LogP contribution < -0.4 is 15.8 Å². The van der Waals surface area contributed by atoms with E-state index in [4.69, 9.17) is 15.2 Å². The smallest absolute Gasteiger partial charge is 0.338 e. The molecule has 108 valence electrons. The molecule has 1 aromatic carbocycles. The number of anilines is 1. The number of ether oxygens (including phenoxy) is 2. The zero-order valence-corrected chi connectivity index (χ0v) is 11.5. The number of methoxy groups -OCH3 is 1. The van der Waals surface area contributed by atoms with Gasteiger partial charge in [-0.3, -0.25) is 4.79 Å². The highest BCUT2D eigenvalue weighted by Gasteiger charge is 2.27. The summed E-state index contributed by atoms with van der Waals surface area (Å²) in [4.78, 5) is 23.6. The second-order valence-corrected chi connectivity index (χ2v) is 4.79. The van der Waals surface area contributed by atoms with Crippen LogP contribution in [0.25, 0.3) is 0 Å². The number of carbonyl (C=O) groups excluding carboxylic acids is 2. The van der Waals surface area contributed by atoms with Crippen LogP contribution in [0.15, 0.2) is 18.2 Å². The Kier molecular flexibility index (Phi) is 4.12. The molecule has 0 radical (unpaired) electrons. The summed E-state index contributed by atoms with van der Waals surface area (Å²) in [7, 11) is 1.49. The van der Waals surface area contributed by atoms with Gasteiger partial charge in [0.25, 0.3) is 5.91 Å². The Bertz CT molecular complexity index is 526. The zero-order valence-electron chi connectivity index (χ0n) is 11.5. The number of nitrogens with one attached hydrogen (secondary N) is 1. The molecule has 6 nitrogen and oxygen atoms in total. The van der Waals surface area contributed by atoms with Crippen LogP contribution in [0.4, 0.5) is 5.69 Å². The third-order valence-electron chi connectivity index (χ3n) is 3.04. The fourth-order valence-electron chi connectivity index (χ4n) is 1.69. The molecule has 1 aliphatic rings. The van der Waals surface area contributed by atoms with Crippen molar-refractivity contribution in [2.75, 3.05) is 12.8 Å². The minimum absolute atomic E-state index is 0.236. The number of nitrogens with two attached hydrogens (primary N) is 1. The fourth-order valence-corrected chi connectivity index (χ4v) is 1.69. The van der Waals surface area contributed by atoms with Gasteiger partial charge in [0.2, 0.25) is 0 Å². The first-order valence-electron chi connectivity index (χ1n) is 6.46. The van der Waals surface area contributed by atoms with Crippen molar-refractivity contribution in [3.8, 4) is 5.75 Å². The molecular weight excluding hydrogens is 260 g/mol. The van der Waals surface area contributed by atoms with Gasteiger partial charge in [-0.25, -0.2) is 4.79 Å². The van der Waals surface area contributed by atoms with Crippen molar-refractivity contribution in [3.63, 3.8) is 0 Å². The standard InChI is InChI=1S/C14H18N2O4/c1-8(13(17)16-10-4-5-10)20-14(18)9-3-6-12(19-2)11(15)7-9/h3,6-8,10H,4-5,15H2,1-2H3,(H,16,17). The van der Waals surface area contributed by atoms with Gasteiger partial charge in [-0.2, -0.15) is 0 Å². The number of rotatable bonds is 5. The van der Waals surface area contributed by atoms with E-state index in [2.05, 4.69) is 5.32 Å². The molecule has 0 bridgehead atoms. The Hall–Kier alpha value is -2.24. The van der Waals surface area contributed by atoms with E-state index in [1.165, 1.54) is 13.2 Å². The summed E-state index contributed by atoms with van der Waals surface area (Å²) in [5.41, 5.74) is 6.35. The van der Waals surface area contributed by atoms with E-state index < -0.39 is 12.1 Å². The number of esters is 1. The lowest BCUT2D eigenvalue weighted by Gasteiger charge is -2.13. The van der Waals surface area contributed by atoms with E-state index in [0.29, 0.717) is 11.4 Å². The van der Waals surface area contributed by atoms with Gasteiger partial charge in [-0.15, -0.1) is 0 Å². The zero-order chi connectivity index (χ0) is 14.7. The van der Waals surface area contributed by atoms with Crippen molar-refractivity contribution >= 4 is 17.6 Å². The number of carbonyl (C=O) groups is 2. The lowest BCUT2D eigenvalue weighted by atomic mass is 10.2. The maximum atomic E-state index is 11.9. The average molecular weight is 278 g/mol. The molecule has 2 rings (SSSR count). The molecule has 1 saturated carbocycles. The van der Waals surface area contributed by atoms with Crippen LogP contribution in [0.3, 0.4) is 0 Å². The highest BCUT2D eigenvalue weighted by molar-refractivity contribution is 5.93. The van der Waals surface area contributed by atoms with E-state index in [-0.39, 0.29) is 17.5 Å². The molecule has 1 fully saturated rings. The van der Waals surface area contributed by atoms with Crippen molar-refractivity contribution in [1.82, 2.24) is 5.32 Å². The van der Waals surface area contributed by atoms with Gasteiger partial charge in [0.1, 0.15) is 5.75 Å². The lowest BCUT2D eigenvalue weighted by Crippen LogP contribution is -2.37. The number of benzene rings is 1. The molecule has 0 saturated heterocycles. The van der Waals surface area contributed by atoms with Gasteiger partial charge in [-0.1, -0.05) is 0 Å². The van der Waals surface area contributed by atoms with Gasteiger partial charge in [0.05, 0.1) is 18.4 Å². The maximum absolute atomic E-state index is 11.9. The molecule has 20 heavy (non-hydrogen) atoms. The number of hydrogen-bond acceptors (Lipinski definition) is 5. The summed E-state index contributed by atoms with van der Waals surface area (Å²) in [5.74, 6) is -0.374. The molecule has 0 heterocycles. The van der Waals surface area contributed by atoms with Crippen molar-refractivity contribution in [3.05, 3.63) is 23.8 Å². The summed E-state index contributed by atoms with van der Waals surface area (Å²) in [5, 5.41) is 2.78. The highest BCUT2D eigenvalue weighted by atomic mass is 16.5. The van der Waals surface area contributed by atoms with Crippen LogP contribution in [0.1, 0.15) is 30.1 Å². The summed E-state index contributed by atoms with van der Waals surface area (Å²) in [6.45, 7) is 1.54. The molecule has 0 spiro atoms. The second-order valence-electron chi connectivity index (χ2n) is 4.79. The van der Waals surface area contributed by atoms with Gasteiger partial charge >= 0.3 is 5.97 Å². The van der Waals surface area contributed by atoms with Crippen LogP contribution in [-0.4, -0.2) is 31.1 Å². The van der Waals surface area contributed by atoms with Crippen molar-refractivity contribution in [2.45, 2.75) is 31.9 Å². The Balaban J connectivity index is 1.96. The Morgan fingerprint density at radius 2 is 2.10 bits per heavy atom. The quantitative estimate of drug-likeness (QED) is 0.621. The minimum atomic E-state index is -0.827. The maximum Gasteiger partial charge on any atom is 0.338 e. The van der Waals surface area contributed by atoms with Crippen LogP contribution >= 0.6 is 0 Å². The molecule has 1 aromatic rings. The SMILES string of the molecule is COc1ccc(C(=O)OC(C)C(=O)NC2CC2)cc1N. The summed E-state index contributed by atoms with van der Waals surface area (Å²) < 4.78 is 10.1. The molecule has 0 aliphatic heterocycles. The largest absolute Gasteiger partial charge is 0.495 e. The van der Waals surface area contributed by atoms with E-state index in [1.54, 1.807) is 19.1 Å². The van der Waals surface area contributed by atoms with Gasteiger partial charge in [0.15, 0.2) is 6.10 Å². The van der Waals surface area contributed by atoms with Crippen molar-refractivity contribution in [1.29, 1.82) is 0 Å². The number of hydrogen-bond donors (Lipinski definition) is 2. The molecule has 1 amide bonds. The first-order valence-corrected chi connectivity index (χ1v) is 6.46. The summed E-state index contributed by atoms with van der Waals surface area (Å²) in [6.07, 6.45) is 1.15. The monoisotopic (exact) mass is 278 g/mol. The predicted molar refractivity (Wildman–Crippen MR) is 73.4 cm³/mol. The van der Waals surface area contributed by atoms with Gasteiger partial charge in [-0.05, 0) is 38.0 Å². The molecular formula is C14H18N2O4. The van der Waals surface area contributed by atoms with Crippen LogP contribution in [-0.2, 0) is 9.53 Å². The van der Waals surface area contributed by atoms with E-state index in [9.17, 15) is 9.59 Å². The molecule has 3 N–H and O–H groups in total. The van der Waals surface area contributed by atoms with Crippen molar-refractivity contribution in [2.24, 2.45) is 0 Å². The van der Waals surface area contributed by atoms with Gasteiger partial charge in [0, 0.05) is 6.04 Å². The Labute approximate surface area is 117 Å². The normalized spacial score (nSPS) is 15.3. The Morgan fingerprint density at radius 1 is 1.40 bits per heavy atom. The average Bonchev–Trinajstić information content (AvgIpc) is 3.22. The topological polar surface area (TPSA) is 90.6 Å². The minimum Gasteiger partial charge on any atom is -0.495 e. The predicted octanol–water partition coefficient (Wildman–Crippen LogP) is 1.10. The highest BCUT2D eigenvalue weighted by Crippen LogP contribution is 2.22. The fraction of sp³-hybridized carbons (Fsp3) is 0.429. The van der Waals surface area contributed by atoms with E-state index in [1.807, 2.05) is 0 Å². The Morgan fingerprint density at radius 3 is 2.65 bits per heavy atom. The molecule has 6 heteroatoms. The molecule has 1 atom stereocenters. The first-order chi connectivity index (χ1) is 9.51. The van der Waals surface area contributed by atoms with E-state index >= 15 is 0 Å². The first kappa shape index (κ1) is 14.2. The third-order valence-corrected chi connectivity index (χ3v) is 3.04. The number of amides is 1. The van der Waals surface area contributed by atoms with Crippen LogP contribution in [0.2, 0.25) is 0 Å². The molecule has 1 aliphatic carbocycles. The molecule has 1 unspecified atom stereocenters. The van der Waals surface area contributed by atoms with E-state index in [0.717, 1.165) is 12.8 Å². The van der Waals surface area contributed by atoms with Crippen LogP contribution in [0, 0.1) is 0 Å². The third kappa shape index (κ3) is 3.40.